The Morgan fingerprint density at radius 1 is 0.960 bits per heavy atom. The Morgan fingerprint density at radius 2 is 1.60 bits per heavy atom. The predicted molar refractivity (Wildman–Crippen MR) is 93.4 cm³/mol. The molecule has 0 heterocycles. The summed E-state index contributed by atoms with van der Waals surface area (Å²) in [5.74, 6) is -2.86. The first kappa shape index (κ1) is 19.7. The first-order valence-corrected chi connectivity index (χ1v) is 9.05. The number of carbonyl (C=O) groups is 3. The Hall–Kier alpha value is -1.65. The van der Waals surface area contributed by atoms with Gasteiger partial charge in [0, 0.05) is 0 Å². The van der Waals surface area contributed by atoms with Crippen LogP contribution in [0.3, 0.4) is 0 Å². The van der Waals surface area contributed by atoms with E-state index in [-0.39, 0.29) is 11.8 Å². The molecule has 1 saturated carbocycles. The van der Waals surface area contributed by atoms with Gasteiger partial charge in [0.1, 0.15) is 5.60 Å². The van der Waals surface area contributed by atoms with Crippen LogP contribution < -0.4 is 0 Å². The summed E-state index contributed by atoms with van der Waals surface area (Å²) in [6, 6.07) is 0. The van der Waals surface area contributed by atoms with Gasteiger partial charge in [0.05, 0.1) is 5.92 Å². The second kappa shape index (κ2) is 6.93. The summed E-state index contributed by atoms with van der Waals surface area (Å²) in [5.41, 5.74) is -1.41. The molecule has 4 unspecified atom stereocenters. The minimum absolute atomic E-state index is 0.139. The number of hydrogen-bond donors (Lipinski definition) is 0. The highest BCUT2D eigenvalue weighted by atomic mass is 16.6. The molecule has 0 aromatic rings. The lowest BCUT2D eigenvalue weighted by Crippen LogP contribution is -2.43. The van der Waals surface area contributed by atoms with E-state index in [0.29, 0.717) is 5.92 Å². The zero-order valence-corrected chi connectivity index (χ0v) is 16.1. The third-order valence-electron chi connectivity index (χ3n) is 4.82. The number of carbonyl (C=O) groups excluding carboxylic acids is 3. The third-order valence-corrected chi connectivity index (χ3v) is 4.82. The van der Waals surface area contributed by atoms with E-state index in [9.17, 15) is 14.4 Å². The fourth-order valence-electron chi connectivity index (χ4n) is 3.60. The summed E-state index contributed by atoms with van der Waals surface area (Å²) in [6.45, 7) is 10.5. The van der Waals surface area contributed by atoms with Gasteiger partial charge in [-0.2, -0.15) is 0 Å². The molecule has 0 amide bonds. The molecule has 140 valence electrons. The molecule has 3 aliphatic carbocycles. The van der Waals surface area contributed by atoms with Gasteiger partial charge in [-0.15, -0.1) is 0 Å². The van der Waals surface area contributed by atoms with E-state index in [0.717, 1.165) is 19.3 Å². The van der Waals surface area contributed by atoms with Crippen molar-refractivity contribution in [3.8, 4) is 0 Å². The van der Waals surface area contributed by atoms with Gasteiger partial charge in [0.15, 0.2) is 5.92 Å². The molecule has 0 aromatic carbocycles. The molecule has 5 heteroatoms. The van der Waals surface area contributed by atoms with Crippen molar-refractivity contribution in [3.05, 3.63) is 12.2 Å². The minimum Gasteiger partial charge on any atom is -0.459 e. The zero-order valence-electron chi connectivity index (χ0n) is 16.1. The van der Waals surface area contributed by atoms with Gasteiger partial charge in [0.25, 0.3) is 0 Å². The van der Waals surface area contributed by atoms with Gasteiger partial charge in [0.2, 0.25) is 0 Å². The van der Waals surface area contributed by atoms with Crippen LogP contribution in [0.5, 0.6) is 0 Å². The summed E-state index contributed by atoms with van der Waals surface area (Å²) in [7, 11) is 0. The lowest BCUT2D eigenvalue weighted by atomic mass is 9.69. The number of ether oxygens (including phenoxy) is 2. The van der Waals surface area contributed by atoms with Crippen LogP contribution in [0, 0.1) is 29.1 Å². The third kappa shape index (κ3) is 4.93. The van der Waals surface area contributed by atoms with Crippen molar-refractivity contribution in [3.63, 3.8) is 0 Å². The Bertz CT molecular complexity index is 576. The molecule has 5 nitrogen and oxygen atoms in total. The predicted octanol–water partition coefficient (Wildman–Crippen LogP) is 3.66. The SMILES string of the molecule is CC(C)(C)OC(=O)C(C(=O)OC(=O)C1CC2C=CC1CC2)C(C)(C)C. The average molecular weight is 350 g/mol. The molecule has 0 spiro atoms. The number of fused-ring (bicyclic) bond motifs is 2. The number of allylic oxidation sites excluding steroid dienone is 2. The van der Waals surface area contributed by atoms with Gasteiger partial charge in [-0.05, 0) is 57.3 Å². The van der Waals surface area contributed by atoms with Crippen LogP contribution in [-0.4, -0.2) is 23.5 Å². The molecule has 0 saturated heterocycles. The molecule has 3 rings (SSSR count). The maximum absolute atomic E-state index is 12.6. The molecule has 4 atom stereocenters. The van der Waals surface area contributed by atoms with Gasteiger partial charge >= 0.3 is 17.9 Å². The van der Waals surface area contributed by atoms with Gasteiger partial charge in [-0.1, -0.05) is 32.9 Å². The maximum atomic E-state index is 12.6. The lowest BCUT2D eigenvalue weighted by Gasteiger charge is -2.36. The summed E-state index contributed by atoms with van der Waals surface area (Å²) in [5, 5.41) is 0. The van der Waals surface area contributed by atoms with Crippen LogP contribution in [0.25, 0.3) is 0 Å². The number of rotatable bonds is 3. The van der Waals surface area contributed by atoms with E-state index < -0.39 is 34.8 Å². The van der Waals surface area contributed by atoms with Crippen molar-refractivity contribution >= 4 is 17.9 Å². The van der Waals surface area contributed by atoms with E-state index in [1.165, 1.54) is 0 Å². The van der Waals surface area contributed by atoms with E-state index in [4.69, 9.17) is 9.47 Å². The zero-order chi connectivity index (χ0) is 19.0. The highest BCUT2D eigenvalue weighted by Gasteiger charge is 2.44. The van der Waals surface area contributed by atoms with Gasteiger partial charge in [-0.25, -0.2) is 0 Å². The van der Waals surface area contributed by atoms with Crippen LogP contribution in [0.1, 0.15) is 60.8 Å². The molecule has 0 aliphatic heterocycles. The maximum Gasteiger partial charge on any atom is 0.328 e. The van der Waals surface area contributed by atoms with Crippen LogP contribution >= 0.6 is 0 Å². The van der Waals surface area contributed by atoms with Crippen LogP contribution in [-0.2, 0) is 23.9 Å². The molecule has 0 N–H and O–H groups in total. The first-order chi connectivity index (χ1) is 11.4. The highest BCUT2D eigenvalue weighted by molar-refractivity contribution is 6.00. The smallest absolute Gasteiger partial charge is 0.328 e. The highest BCUT2D eigenvalue weighted by Crippen LogP contribution is 2.41. The quantitative estimate of drug-likeness (QED) is 0.441. The second-order valence-corrected chi connectivity index (χ2v) is 9.30. The molecule has 1 fully saturated rings. The topological polar surface area (TPSA) is 69.7 Å². The second-order valence-electron chi connectivity index (χ2n) is 9.30. The Morgan fingerprint density at radius 3 is 2.00 bits per heavy atom. The molecule has 3 aliphatic rings. The number of hydrogen-bond acceptors (Lipinski definition) is 5. The van der Waals surface area contributed by atoms with E-state index in [1.807, 2.05) is 0 Å². The summed E-state index contributed by atoms with van der Waals surface area (Å²) in [6.07, 6.45) is 6.97. The van der Waals surface area contributed by atoms with Gasteiger partial charge in [-0.3, -0.25) is 14.4 Å². The van der Waals surface area contributed by atoms with Crippen molar-refractivity contribution in [1.82, 2.24) is 0 Å². The standard InChI is InChI=1S/C20H30O5/c1-19(2,3)15(18(23)25-20(4,5)6)17(22)24-16(21)14-11-12-7-9-13(14)10-8-12/h7,9,12-15H,8,10-11H2,1-6H3. The van der Waals surface area contributed by atoms with E-state index >= 15 is 0 Å². The molecule has 0 radical (unpaired) electrons. The lowest BCUT2D eigenvalue weighted by molar-refractivity contribution is -0.179. The Kier molecular flexibility index (Phi) is 5.45. The molecule has 25 heavy (non-hydrogen) atoms. The fourth-order valence-corrected chi connectivity index (χ4v) is 3.60. The average Bonchev–Trinajstić information content (AvgIpc) is 2.44. The van der Waals surface area contributed by atoms with Crippen molar-refractivity contribution < 1.29 is 23.9 Å². The molecular formula is C20H30O5. The van der Waals surface area contributed by atoms with Crippen molar-refractivity contribution in [2.24, 2.45) is 29.1 Å². The first-order valence-electron chi connectivity index (χ1n) is 9.05. The largest absolute Gasteiger partial charge is 0.459 e. The van der Waals surface area contributed by atoms with Crippen molar-refractivity contribution in [2.75, 3.05) is 0 Å². The summed E-state index contributed by atoms with van der Waals surface area (Å²) in [4.78, 5) is 37.6. The Balaban J connectivity index is 2.08. The van der Waals surface area contributed by atoms with E-state index in [1.54, 1.807) is 41.5 Å². The molecular weight excluding hydrogens is 320 g/mol. The van der Waals surface area contributed by atoms with Crippen LogP contribution in [0.4, 0.5) is 0 Å². The summed E-state index contributed by atoms with van der Waals surface area (Å²) >= 11 is 0. The van der Waals surface area contributed by atoms with E-state index in [2.05, 4.69) is 12.2 Å². The monoisotopic (exact) mass is 350 g/mol. The number of esters is 3. The minimum atomic E-state index is -1.13. The van der Waals surface area contributed by atoms with Crippen molar-refractivity contribution in [1.29, 1.82) is 0 Å². The fraction of sp³-hybridized carbons (Fsp3) is 0.750. The normalized spacial score (nSPS) is 26.9. The molecule has 0 aromatic heterocycles. The van der Waals surface area contributed by atoms with Crippen LogP contribution in [0.15, 0.2) is 12.2 Å². The summed E-state index contributed by atoms with van der Waals surface area (Å²) < 4.78 is 10.5. The van der Waals surface area contributed by atoms with Crippen LogP contribution in [0.2, 0.25) is 0 Å². The van der Waals surface area contributed by atoms with Crippen molar-refractivity contribution in [2.45, 2.75) is 66.4 Å². The van der Waals surface area contributed by atoms with Gasteiger partial charge < -0.3 is 9.47 Å². The Labute approximate surface area is 150 Å². The molecule has 2 bridgehead atoms.